The molecule has 2 heterocycles. The highest BCUT2D eigenvalue weighted by Gasteiger charge is 2.28. The summed E-state index contributed by atoms with van der Waals surface area (Å²) in [6.45, 7) is 12.4. The maximum absolute atomic E-state index is 5.46. The molecule has 1 aliphatic heterocycles. The molecule has 0 bridgehead atoms. The fraction of sp³-hybridized carbons (Fsp3) is 0.765. The number of morpholine rings is 1. The second-order valence-corrected chi connectivity index (χ2v) is 7.81. The minimum atomic E-state index is 0.0543. The molecule has 1 aromatic heterocycles. The summed E-state index contributed by atoms with van der Waals surface area (Å²) in [6.07, 6.45) is 0. The maximum atomic E-state index is 5.46. The van der Waals surface area contributed by atoms with Gasteiger partial charge in [0.2, 0.25) is 0 Å². The van der Waals surface area contributed by atoms with Crippen LogP contribution in [0.25, 0.3) is 0 Å². The van der Waals surface area contributed by atoms with Crippen molar-refractivity contribution in [1.82, 2.24) is 20.5 Å². The van der Waals surface area contributed by atoms with E-state index in [4.69, 9.17) is 4.74 Å². The molecular formula is C17H32N6OS. The molecule has 1 saturated heterocycles. The van der Waals surface area contributed by atoms with Crippen LogP contribution in [0.1, 0.15) is 26.5 Å². The summed E-state index contributed by atoms with van der Waals surface area (Å²) in [7, 11) is 4.01. The molecule has 0 aliphatic carbocycles. The van der Waals surface area contributed by atoms with Gasteiger partial charge in [-0.1, -0.05) is 0 Å². The molecule has 8 heteroatoms. The first kappa shape index (κ1) is 19.9. The van der Waals surface area contributed by atoms with Crippen LogP contribution >= 0.6 is 11.3 Å². The van der Waals surface area contributed by atoms with Crippen LogP contribution in [0, 0.1) is 0 Å². The van der Waals surface area contributed by atoms with E-state index in [1.54, 1.807) is 11.3 Å². The summed E-state index contributed by atoms with van der Waals surface area (Å²) in [5.41, 5.74) is 1.05. The zero-order valence-corrected chi connectivity index (χ0v) is 16.9. The number of ether oxygens (including phenoxy) is 1. The zero-order chi connectivity index (χ0) is 18.3. The van der Waals surface area contributed by atoms with Gasteiger partial charge in [-0.05, 0) is 20.8 Å². The number of nitrogens with zero attached hydrogens (tertiary/aromatic N) is 4. The largest absolute Gasteiger partial charge is 0.379 e. The molecular weight excluding hydrogens is 336 g/mol. The average molecular weight is 369 g/mol. The van der Waals surface area contributed by atoms with Crippen LogP contribution in [-0.2, 0) is 11.3 Å². The van der Waals surface area contributed by atoms with Gasteiger partial charge in [-0.15, -0.1) is 11.3 Å². The number of anilines is 1. The summed E-state index contributed by atoms with van der Waals surface area (Å²) >= 11 is 1.65. The van der Waals surface area contributed by atoms with Crippen molar-refractivity contribution >= 4 is 22.4 Å². The zero-order valence-electron chi connectivity index (χ0n) is 16.1. The minimum Gasteiger partial charge on any atom is -0.379 e. The van der Waals surface area contributed by atoms with Crippen LogP contribution < -0.4 is 15.5 Å². The van der Waals surface area contributed by atoms with Crippen molar-refractivity contribution in [3.8, 4) is 0 Å². The van der Waals surface area contributed by atoms with Crippen molar-refractivity contribution in [2.45, 2.75) is 32.9 Å². The van der Waals surface area contributed by atoms with E-state index in [9.17, 15) is 0 Å². The quantitative estimate of drug-likeness (QED) is 0.560. The van der Waals surface area contributed by atoms with E-state index in [2.05, 4.69) is 51.7 Å². The third-order valence-corrected chi connectivity index (χ3v) is 5.28. The summed E-state index contributed by atoms with van der Waals surface area (Å²) in [4.78, 5) is 13.8. The molecule has 2 N–H and O–H groups in total. The standard InChI is InChI=1S/C17H32N6OS/c1-6-18-15(19-11-14-12-25-16(21-14)22(4)5)20-13-17(2,3)23-7-9-24-10-8-23/h12H,6-11,13H2,1-5H3,(H2,18,19,20). The number of nitrogens with one attached hydrogen (secondary N) is 2. The summed E-state index contributed by atoms with van der Waals surface area (Å²) in [5, 5.41) is 9.88. The van der Waals surface area contributed by atoms with Crippen molar-refractivity contribution in [1.29, 1.82) is 0 Å². The second kappa shape index (κ2) is 9.35. The van der Waals surface area contributed by atoms with Crippen molar-refractivity contribution in [2.24, 2.45) is 4.99 Å². The molecule has 0 unspecified atom stereocenters. The highest BCUT2D eigenvalue weighted by atomic mass is 32.1. The Bertz CT molecular complexity index is 551. The van der Waals surface area contributed by atoms with Crippen molar-refractivity contribution in [3.05, 3.63) is 11.1 Å². The lowest BCUT2D eigenvalue weighted by atomic mass is 10.0. The van der Waals surface area contributed by atoms with Gasteiger partial charge in [0.25, 0.3) is 0 Å². The molecule has 1 aliphatic rings. The molecule has 142 valence electrons. The van der Waals surface area contributed by atoms with E-state index in [0.717, 1.165) is 56.2 Å². The number of aromatic nitrogens is 1. The number of hydrogen-bond acceptors (Lipinski definition) is 6. The van der Waals surface area contributed by atoms with Crippen LogP contribution in [0.3, 0.4) is 0 Å². The smallest absolute Gasteiger partial charge is 0.191 e. The summed E-state index contributed by atoms with van der Waals surface area (Å²) < 4.78 is 5.46. The fourth-order valence-electron chi connectivity index (χ4n) is 2.66. The first-order chi connectivity index (χ1) is 11.9. The van der Waals surface area contributed by atoms with E-state index >= 15 is 0 Å². The number of aliphatic imine (C=N–C) groups is 1. The number of hydrogen-bond donors (Lipinski definition) is 2. The van der Waals surface area contributed by atoms with Gasteiger partial charge in [-0.2, -0.15) is 0 Å². The van der Waals surface area contributed by atoms with Gasteiger partial charge in [-0.3, -0.25) is 4.90 Å². The lowest BCUT2D eigenvalue weighted by Crippen LogP contribution is -2.56. The summed E-state index contributed by atoms with van der Waals surface area (Å²) in [6, 6.07) is 0. The molecule has 1 fully saturated rings. The van der Waals surface area contributed by atoms with Gasteiger partial charge in [0.15, 0.2) is 11.1 Å². The predicted molar refractivity (Wildman–Crippen MR) is 106 cm³/mol. The second-order valence-electron chi connectivity index (χ2n) is 6.98. The highest BCUT2D eigenvalue weighted by molar-refractivity contribution is 7.13. The third kappa shape index (κ3) is 6.13. The molecule has 7 nitrogen and oxygen atoms in total. The van der Waals surface area contributed by atoms with Crippen LogP contribution in [-0.4, -0.2) is 74.9 Å². The van der Waals surface area contributed by atoms with Crippen molar-refractivity contribution in [2.75, 3.05) is 58.4 Å². The van der Waals surface area contributed by atoms with Gasteiger partial charge in [0, 0.05) is 51.2 Å². The normalized spacial score (nSPS) is 16.8. The first-order valence-electron chi connectivity index (χ1n) is 8.89. The summed E-state index contributed by atoms with van der Waals surface area (Å²) in [5.74, 6) is 0.836. The monoisotopic (exact) mass is 368 g/mol. The van der Waals surface area contributed by atoms with Gasteiger partial charge in [0.1, 0.15) is 0 Å². The van der Waals surface area contributed by atoms with E-state index in [0.29, 0.717) is 6.54 Å². The van der Waals surface area contributed by atoms with Crippen LogP contribution in [0.2, 0.25) is 0 Å². The average Bonchev–Trinajstić information content (AvgIpc) is 3.07. The molecule has 25 heavy (non-hydrogen) atoms. The Kier molecular flexibility index (Phi) is 7.46. The van der Waals surface area contributed by atoms with E-state index in [1.165, 1.54) is 0 Å². The van der Waals surface area contributed by atoms with Crippen molar-refractivity contribution in [3.63, 3.8) is 0 Å². The van der Waals surface area contributed by atoms with Crippen LogP contribution in [0.4, 0.5) is 5.13 Å². The van der Waals surface area contributed by atoms with E-state index in [-0.39, 0.29) is 5.54 Å². The Balaban J connectivity index is 1.92. The molecule has 0 amide bonds. The Labute approximate surface area is 155 Å². The van der Waals surface area contributed by atoms with Gasteiger partial charge in [0.05, 0.1) is 25.5 Å². The van der Waals surface area contributed by atoms with Crippen molar-refractivity contribution < 1.29 is 4.74 Å². The first-order valence-corrected chi connectivity index (χ1v) is 9.77. The Morgan fingerprint density at radius 1 is 1.36 bits per heavy atom. The lowest BCUT2D eigenvalue weighted by Gasteiger charge is -2.41. The maximum Gasteiger partial charge on any atom is 0.191 e. The lowest BCUT2D eigenvalue weighted by molar-refractivity contribution is -0.00834. The molecule has 0 atom stereocenters. The molecule has 2 rings (SSSR count). The molecule has 0 radical (unpaired) electrons. The Morgan fingerprint density at radius 2 is 2.08 bits per heavy atom. The van der Waals surface area contributed by atoms with Gasteiger partial charge >= 0.3 is 0 Å². The number of rotatable bonds is 7. The predicted octanol–water partition coefficient (Wildman–Crippen LogP) is 1.38. The molecule has 0 spiro atoms. The minimum absolute atomic E-state index is 0.0543. The fourth-order valence-corrected chi connectivity index (χ4v) is 3.41. The topological polar surface area (TPSA) is 65.0 Å². The van der Waals surface area contributed by atoms with Gasteiger partial charge < -0.3 is 20.3 Å². The van der Waals surface area contributed by atoms with E-state index in [1.807, 2.05) is 19.0 Å². The molecule has 0 aromatic carbocycles. The Hall–Kier alpha value is -1.38. The van der Waals surface area contributed by atoms with Crippen LogP contribution in [0.5, 0.6) is 0 Å². The third-order valence-electron chi connectivity index (χ3n) is 4.22. The highest BCUT2D eigenvalue weighted by Crippen LogP contribution is 2.18. The molecule has 0 saturated carbocycles. The molecule has 1 aromatic rings. The SMILES string of the molecule is CCNC(=NCc1csc(N(C)C)n1)NCC(C)(C)N1CCOCC1. The Morgan fingerprint density at radius 3 is 2.68 bits per heavy atom. The number of guanidine groups is 1. The van der Waals surface area contributed by atoms with Crippen LogP contribution in [0.15, 0.2) is 10.4 Å². The van der Waals surface area contributed by atoms with Gasteiger partial charge in [-0.25, -0.2) is 9.98 Å². The number of thiazole rings is 1. The van der Waals surface area contributed by atoms with E-state index < -0.39 is 0 Å².